The zero-order valence-corrected chi connectivity index (χ0v) is 14.7. The van der Waals surface area contributed by atoms with Crippen LogP contribution in [0, 0.1) is 22.7 Å². The maximum Gasteiger partial charge on any atom is 0.336 e. The Kier molecular flexibility index (Phi) is 4.20. The van der Waals surface area contributed by atoms with Gasteiger partial charge >= 0.3 is 5.97 Å². The molecule has 4 atom stereocenters. The Bertz CT molecular complexity index is 545. The van der Waals surface area contributed by atoms with E-state index in [0.717, 1.165) is 18.8 Å². The topological polar surface area (TPSA) is 46.5 Å². The number of ether oxygens (including phenoxy) is 1. The van der Waals surface area contributed by atoms with Crippen molar-refractivity contribution >= 4 is 5.97 Å². The van der Waals surface area contributed by atoms with Crippen molar-refractivity contribution in [3.05, 3.63) is 23.8 Å². The summed E-state index contributed by atoms with van der Waals surface area (Å²) in [6, 6.07) is 0. The normalized spacial score (nSPS) is 39.7. The summed E-state index contributed by atoms with van der Waals surface area (Å²) >= 11 is 0. The van der Waals surface area contributed by atoms with Crippen LogP contribution >= 0.6 is 0 Å². The molecule has 3 rings (SSSR count). The van der Waals surface area contributed by atoms with E-state index in [1.165, 1.54) is 31.3 Å². The third-order valence-corrected chi connectivity index (χ3v) is 6.85. The first-order valence-electron chi connectivity index (χ1n) is 9.01. The summed E-state index contributed by atoms with van der Waals surface area (Å²) in [6.07, 6.45) is 8.35. The molecule has 23 heavy (non-hydrogen) atoms. The van der Waals surface area contributed by atoms with Gasteiger partial charge in [-0.05, 0) is 67.3 Å². The summed E-state index contributed by atoms with van der Waals surface area (Å²) in [6.45, 7) is 11.7. The Labute approximate surface area is 139 Å². The van der Waals surface area contributed by atoms with Gasteiger partial charge in [-0.1, -0.05) is 39.3 Å². The lowest BCUT2D eigenvalue weighted by Gasteiger charge is -2.58. The number of hydrogen-bond acceptors (Lipinski definition) is 3. The minimum absolute atomic E-state index is 0.290. The van der Waals surface area contributed by atoms with Crippen LogP contribution in [-0.4, -0.2) is 17.4 Å². The minimum Gasteiger partial charge on any atom is -0.429 e. The van der Waals surface area contributed by atoms with Crippen molar-refractivity contribution in [1.82, 2.24) is 0 Å². The van der Waals surface area contributed by atoms with Gasteiger partial charge in [0.15, 0.2) is 0 Å². The molecule has 0 amide bonds. The van der Waals surface area contributed by atoms with Crippen LogP contribution in [0.2, 0.25) is 0 Å². The molecule has 1 aliphatic heterocycles. The number of allylic oxidation sites excluding steroid dienone is 1. The van der Waals surface area contributed by atoms with Crippen molar-refractivity contribution < 1.29 is 14.6 Å². The van der Waals surface area contributed by atoms with Crippen LogP contribution in [0.3, 0.4) is 0 Å². The van der Waals surface area contributed by atoms with E-state index in [-0.39, 0.29) is 5.97 Å². The number of aliphatic hydroxyl groups is 1. The van der Waals surface area contributed by atoms with E-state index in [1.807, 2.05) is 0 Å². The molecule has 1 heterocycles. The third-order valence-electron chi connectivity index (χ3n) is 6.85. The molecule has 2 aliphatic carbocycles. The van der Waals surface area contributed by atoms with E-state index in [1.54, 1.807) is 6.08 Å². The molecule has 0 saturated heterocycles. The quantitative estimate of drug-likeness (QED) is 0.621. The summed E-state index contributed by atoms with van der Waals surface area (Å²) in [5, 5.41) is 9.43. The number of cyclic esters (lactones) is 1. The Morgan fingerprint density at radius 3 is 2.74 bits per heavy atom. The minimum atomic E-state index is -1.05. The van der Waals surface area contributed by atoms with Gasteiger partial charge in [0.1, 0.15) is 0 Å². The first kappa shape index (κ1) is 16.8. The fraction of sp³-hybridized carbons (Fsp3) is 0.750. The molecule has 0 radical (unpaired) electrons. The Balaban J connectivity index is 1.78. The average molecular weight is 318 g/mol. The van der Waals surface area contributed by atoms with Crippen LogP contribution in [0.25, 0.3) is 0 Å². The molecule has 3 heteroatoms. The SMILES string of the molecule is C=C1CCC2C(C)(C)CCC[C@]2(C)[C@H]1CCC1=C[C@H](O)OC1=O. The molecule has 3 aliphatic rings. The molecule has 0 aromatic rings. The largest absolute Gasteiger partial charge is 0.429 e. The third kappa shape index (κ3) is 2.88. The molecule has 128 valence electrons. The van der Waals surface area contributed by atoms with E-state index in [0.29, 0.717) is 28.7 Å². The maximum absolute atomic E-state index is 11.7. The smallest absolute Gasteiger partial charge is 0.336 e. The van der Waals surface area contributed by atoms with Crippen LogP contribution in [0.1, 0.15) is 65.7 Å². The predicted molar refractivity (Wildman–Crippen MR) is 90.5 cm³/mol. The van der Waals surface area contributed by atoms with Gasteiger partial charge in [-0.3, -0.25) is 0 Å². The fourth-order valence-corrected chi connectivity index (χ4v) is 5.75. The number of aliphatic hydroxyl groups excluding tert-OH is 1. The second-order valence-corrected chi connectivity index (χ2v) is 8.68. The number of carbonyl (C=O) groups is 1. The first-order chi connectivity index (χ1) is 10.7. The lowest BCUT2D eigenvalue weighted by atomic mass is 9.47. The van der Waals surface area contributed by atoms with Crippen LogP contribution < -0.4 is 0 Å². The van der Waals surface area contributed by atoms with E-state index in [2.05, 4.69) is 27.4 Å². The highest BCUT2D eigenvalue weighted by Crippen LogP contribution is 2.61. The summed E-state index contributed by atoms with van der Waals surface area (Å²) in [5.41, 5.74) is 2.67. The molecule has 0 aromatic heterocycles. The highest BCUT2D eigenvalue weighted by atomic mass is 16.6. The highest BCUT2D eigenvalue weighted by molar-refractivity contribution is 5.90. The monoisotopic (exact) mass is 318 g/mol. The van der Waals surface area contributed by atoms with Crippen molar-refractivity contribution in [3.8, 4) is 0 Å². The summed E-state index contributed by atoms with van der Waals surface area (Å²) < 4.78 is 4.81. The van der Waals surface area contributed by atoms with Gasteiger partial charge in [-0.2, -0.15) is 0 Å². The highest BCUT2D eigenvalue weighted by Gasteiger charge is 2.52. The van der Waals surface area contributed by atoms with Crippen molar-refractivity contribution in [2.75, 3.05) is 0 Å². The van der Waals surface area contributed by atoms with Gasteiger partial charge in [-0.25, -0.2) is 4.79 Å². The zero-order valence-electron chi connectivity index (χ0n) is 14.7. The van der Waals surface area contributed by atoms with Crippen LogP contribution in [0.4, 0.5) is 0 Å². The van der Waals surface area contributed by atoms with E-state index >= 15 is 0 Å². The van der Waals surface area contributed by atoms with Crippen molar-refractivity contribution in [2.45, 2.75) is 72.0 Å². The molecule has 3 nitrogen and oxygen atoms in total. The second-order valence-electron chi connectivity index (χ2n) is 8.68. The van der Waals surface area contributed by atoms with Crippen LogP contribution in [0.15, 0.2) is 23.8 Å². The van der Waals surface area contributed by atoms with Gasteiger partial charge in [0.2, 0.25) is 6.29 Å². The molecular weight excluding hydrogens is 288 g/mol. The Morgan fingerprint density at radius 2 is 2.09 bits per heavy atom. The maximum atomic E-state index is 11.7. The Morgan fingerprint density at radius 1 is 1.35 bits per heavy atom. The number of rotatable bonds is 3. The van der Waals surface area contributed by atoms with Crippen LogP contribution in [0.5, 0.6) is 0 Å². The Hall–Kier alpha value is -1.09. The first-order valence-corrected chi connectivity index (χ1v) is 9.01. The van der Waals surface area contributed by atoms with Gasteiger partial charge in [0.25, 0.3) is 0 Å². The molecular formula is C20H30O3. The van der Waals surface area contributed by atoms with Crippen molar-refractivity contribution in [3.63, 3.8) is 0 Å². The molecule has 1 N–H and O–H groups in total. The fourth-order valence-electron chi connectivity index (χ4n) is 5.75. The lowest BCUT2D eigenvalue weighted by molar-refractivity contribution is -0.151. The van der Waals surface area contributed by atoms with E-state index < -0.39 is 6.29 Å². The molecule has 0 aromatic carbocycles. The van der Waals surface area contributed by atoms with Gasteiger partial charge in [0.05, 0.1) is 0 Å². The number of esters is 1. The van der Waals surface area contributed by atoms with Crippen molar-refractivity contribution in [2.24, 2.45) is 22.7 Å². The number of hydrogen-bond donors (Lipinski definition) is 1. The number of carbonyl (C=O) groups excluding carboxylic acids is 1. The number of fused-ring (bicyclic) bond motifs is 1. The lowest BCUT2D eigenvalue weighted by Crippen LogP contribution is -2.49. The van der Waals surface area contributed by atoms with Crippen LogP contribution in [-0.2, 0) is 9.53 Å². The predicted octanol–water partition coefficient (Wildman–Crippen LogP) is 4.37. The standard InChI is InChI=1S/C20H30O3/c1-13-6-9-16-19(2,3)10-5-11-20(16,4)15(13)8-7-14-12-17(21)23-18(14)22/h12,15-17,21H,1,5-11H2,2-4H3/t15-,16?,17+,20+/m0/s1. The average Bonchev–Trinajstić information content (AvgIpc) is 2.75. The van der Waals surface area contributed by atoms with Gasteiger partial charge < -0.3 is 9.84 Å². The van der Waals surface area contributed by atoms with E-state index in [4.69, 9.17) is 4.74 Å². The molecule has 0 bridgehead atoms. The van der Waals surface area contributed by atoms with Crippen molar-refractivity contribution in [1.29, 1.82) is 0 Å². The molecule has 0 spiro atoms. The summed E-state index contributed by atoms with van der Waals surface area (Å²) in [7, 11) is 0. The van der Waals surface area contributed by atoms with E-state index in [9.17, 15) is 9.90 Å². The van der Waals surface area contributed by atoms with Gasteiger partial charge in [-0.15, -0.1) is 0 Å². The molecule has 2 saturated carbocycles. The second kappa shape index (κ2) is 5.77. The summed E-state index contributed by atoms with van der Waals surface area (Å²) in [4.78, 5) is 11.7. The zero-order chi connectivity index (χ0) is 16.8. The molecule has 2 fully saturated rings. The molecule has 1 unspecified atom stereocenters. The summed E-state index contributed by atoms with van der Waals surface area (Å²) in [5.74, 6) is 0.839. The van der Waals surface area contributed by atoms with Gasteiger partial charge in [0, 0.05) is 5.57 Å².